The molecule has 2 amide bonds. The van der Waals surface area contributed by atoms with Crippen LogP contribution in [-0.4, -0.2) is 45.6 Å². The molecule has 0 unspecified atom stereocenters. The van der Waals surface area contributed by atoms with E-state index >= 15 is 0 Å². The van der Waals surface area contributed by atoms with Crippen molar-refractivity contribution in [2.45, 2.75) is 71.5 Å². The summed E-state index contributed by atoms with van der Waals surface area (Å²) in [5.41, 5.74) is 4.19. The molecular weight excluding hydrogens is 563 g/mol. The number of aliphatic carboxylic acids is 1. The minimum Gasteiger partial charge on any atom is -0.550 e. The van der Waals surface area contributed by atoms with Crippen LogP contribution >= 0.6 is 0 Å². The number of benzene rings is 2. The fourth-order valence-corrected chi connectivity index (χ4v) is 6.47. The monoisotopic (exact) mass is 602 g/mol. The largest absolute Gasteiger partial charge is 1.00 e. The number of carboxylic acids is 1. The summed E-state index contributed by atoms with van der Waals surface area (Å²) in [5, 5.41) is 13.3. The zero-order valence-electron chi connectivity index (χ0n) is 26.3. The van der Waals surface area contributed by atoms with Crippen LogP contribution in [0.15, 0.2) is 78.0 Å². The predicted molar refractivity (Wildman–Crippen MR) is 164 cm³/mol. The van der Waals surface area contributed by atoms with Gasteiger partial charge in [0, 0.05) is 42.5 Å². The molecule has 1 spiro atoms. The van der Waals surface area contributed by atoms with E-state index in [1.165, 1.54) is 0 Å². The van der Waals surface area contributed by atoms with Crippen LogP contribution in [0, 0.1) is 11.3 Å². The molecule has 1 aliphatic carbocycles. The first-order chi connectivity index (χ1) is 20.5. The third-order valence-electron chi connectivity index (χ3n) is 9.01. The first-order valence-electron chi connectivity index (χ1n) is 15.0. The van der Waals surface area contributed by atoms with Crippen molar-refractivity contribution in [1.29, 1.82) is 0 Å². The second kappa shape index (κ2) is 13.8. The summed E-state index contributed by atoms with van der Waals surface area (Å²) in [6.45, 7) is 8.88. The molecule has 224 valence electrons. The van der Waals surface area contributed by atoms with E-state index in [4.69, 9.17) is 4.99 Å². The normalized spacial score (nSPS) is 20.5. The van der Waals surface area contributed by atoms with E-state index in [1.807, 2.05) is 60.4 Å². The van der Waals surface area contributed by atoms with Crippen molar-refractivity contribution in [3.63, 3.8) is 0 Å². The van der Waals surface area contributed by atoms with Gasteiger partial charge in [-0.1, -0.05) is 51.1 Å². The van der Waals surface area contributed by atoms with Crippen LogP contribution < -0.4 is 40.0 Å². The zero-order chi connectivity index (χ0) is 30.8. The Morgan fingerprint density at radius 2 is 1.64 bits per heavy atom. The Kier molecular flexibility index (Phi) is 10.5. The Hall–Kier alpha value is -3.33. The number of hydrogen-bond donors (Lipinski definition) is 1. The topological polar surface area (TPSA) is 115 Å². The van der Waals surface area contributed by atoms with Crippen LogP contribution in [0.5, 0.6) is 0 Å². The maximum absolute atomic E-state index is 14.3. The molecule has 0 radical (unpaired) electrons. The maximum Gasteiger partial charge on any atom is 1.00 e. The van der Waals surface area contributed by atoms with E-state index in [-0.39, 0.29) is 65.8 Å². The van der Waals surface area contributed by atoms with Gasteiger partial charge in [0.2, 0.25) is 0 Å². The van der Waals surface area contributed by atoms with Crippen molar-refractivity contribution in [2.24, 2.45) is 16.3 Å². The second-order valence-electron chi connectivity index (χ2n) is 12.8. The van der Waals surface area contributed by atoms with Gasteiger partial charge in [-0.05, 0) is 91.0 Å². The molecule has 8 nitrogen and oxygen atoms in total. The summed E-state index contributed by atoms with van der Waals surface area (Å²) < 4.78 is 0. The van der Waals surface area contributed by atoms with Crippen LogP contribution in [0.2, 0.25) is 0 Å². The summed E-state index contributed by atoms with van der Waals surface area (Å²) in [6, 6.07) is 18.8. The van der Waals surface area contributed by atoms with E-state index in [2.05, 4.69) is 31.1 Å². The molecule has 1 N–H and O–H groups in total. The smallest absolute Gasteiger partial charge is 0.550 e. The molecule has 2 heterocycles. The molecule has 2 aromatic carbocycles. The maximum atomic E-state index is 14.3. The molecule has 44 heavy (non-hydrogen) atoms. The van der Waals surface area contributed by atoms with Gasteiger partial charge in [0.15, 0.2) is 0 Å². The van der Waals surface area contributed by atoms with Crippen LogP contribution in [-0.2, 0) is 9.59 Å². The third-order valence-corrected chi connectivity index (χ3v) is 9.01. The second-order valence-corrected chi connectivity index (χ2v) is 12.8. The minimum absolute atomic E-state index is 0. The molecule has 0 bridgehead atoms. The van der Waals surface area contributed by atoms with E-state index in [1.54, 1.807) is 24.5 Å². The number of aliphatic imine (C=N–C) groups is 1. The Morgan fingerprint density at radius 1 is 1.00 bits per heavy atom. The minimum atomic E-state index is -1.21. The average Bonchev–Trinajstić information content (AvgIpc) is 3.27. The summed E-state index contributed by atoms with van der Waals surface area (Å²) in [5.74, 6) is -1.10. The first-order valence-corrected chi connectivity index (χ1v) is 15.0. The molecule has 1 saturated carbocycles. The molecule has 0 saturated heterocycles. The molecule has 1 atom stereocenters. The number of carboxylic acid groups (broad SMARTS) is 1. The molecule has 1 fully saturated rings. The van der Waals surface area contributed by atoms with Crippen LogP contribution in [0.3, 0.4) is 0 Å². The summed E-state index contributed by atoms with van der Waals surface area (Å²) in [4.78, 5) is 48.9. The van der Waals surface area contributed by atoms with Crippen molar-refractivity contribution < 1.29 is 49.0 Å². The standard InChI is InChI=1S/C35H40N4O4.Na/c1-23(24-8-10-26(11-9-24)32(42)37-21-16-30(40)41)39-33(43)31(38-35(39)17-12-29(13-18-35)34(2,3)4)28-7-5-6-27(22-28)25-14-19-36-20-15-25;/h5-11,14-15,19-20,22-23,29H,12-13,16-18,21H2,1-4H3,(H,37,42)(H,40,41);/q;+1/p-1/t23-,29?,35?;/m1./s1. The van der Waals surface area contributed by atoms with Gasteiger partial charge in [0.1, 0.15) is 11.4 Å². The fraction of sp³-hybridized carbons (Fsp3) is 0.400. The SMILES string of the molecule is C[C@H](c1ccc(C(=O)NCCC(=O)[O-])cc1)N1C(=O)C(c2cccc(-c3ccncc3)c2)=NC12CCC(C(C)(C)C)CC2.[Na+]. The number of hydrogen-bond acceptors (Lipinski definition) is 6. The van der Waals surface area contributed by atoms with Crippen molar-refractivity contribution in [3.05, 3.63) is 89.7 Å². The number of nitrogens with one attached hydrogen (secondary N) is 1. The van der Waals surface area contributed by atoms with E-state index in [0.717, 1.165) is 47.9 Å². The average molecular weight is 603 g/mol. The van der Waals surface area contributed by atoms with Gasteiger partial charge in [-0.25, -0.2) is 0 Å². The van der Waals surface area contributed by atoms with E-state index in [0.29, 0.717) is 17.2 Å². The van der Waals surface area contributed by atoms with Crippen LogP contribution in [0.25, 0.3) is 11.1 Å². The van der Waals surface area contributed by atoms with Crippen molar-refractivity contribution >= 4 is 23.5 Å². The molecule has 1 aliphatic heterocycles. The fourth-order valence-electron chi connectivity index (χ4n) is 6.47. The first kappa shape index (κ1) is 33.6. The molecular formula is C35H39N4NaO4. The Labute approximate surface area is 281 Å². The summed E-state index contributed by atoms with van der Waals surface area (Å²) in [7, 11) is 0. The number of amides is 2. The van der Waals surface area contributed by atoms with Gasteiger partial charge >= 0.3 is 29.6 Å². The number of nitrogens with zero attached hydrogens (tertiary/aromatic N) is 3. The van der Waals surface area contributed by atoms with Crippen molar-refractivity contribution in [1.82, 2.24) is 15.2 Å². The third kappa shape index (κ3) is 7.14. The number of carbonyl (C=O) groups is 3. The molecule has 2 aliphatic rings. The van der Waals surface area contributed by atoms with Gasteiger partial charge in [-0.2, -0.15) is 0 Å². The predicted octanol–water partition coefficient (Wildman–Crippen LogP) is 1.95. The Morgan fingerprint density at radius 3 is 2.25 bits per heavy atom. The summed E-state index contributed by atoms with van der Waals surface area (Å²) in [6.07, 6.45) is 6.82. The Bertz CT molecular complexity index is 1520. The molecule has 1 aromatic heterocycles. The van der Waals surface area contributed by atoms with Gasteiger partial charge in [-0.3, -0.25) is 19.6 Å². The molecule has 9 heteroatoms. The van der Waals surface area contributed by atoms with E-state index < -0.39 is 11.6 Å². The zero-order valence-corrected chi connectivity index (χ0v) is 28.3. The van der Waals surface area contributed by atoms with Gasteiger partial charge < -0.3 is 20.1 Å². The summed E-state index contributed by atoms with van der Waals surface area (Å²) >= 11 is 0. The van der Waals surface area contributed by atoms with Gasteiger partial charge in [0.25, 0.3) is 11.8 Å². The van der Waals surface area contributed by atoms with Crippen molar-refractivity contribution in [2.75, 3.05) is 6.54 Å². The number of carbonyl (C=O) groups excluding carboxylic acids is 3. The van der Waals surface area contributed by atoms with Crippen LogP contribution in [0.4, 0.5) is 0 Å². The number of aromatic nitrogens is 1. The molecule has 5 rings (SSSR count). The quantitative estimate of drug-likeness (QED) is 0.396. The van der Waals surface area contributed by atoms with Crippen molar-refractivity contribution in [3.8, 4) is 11.1 Å². The number of rotatable bonds is 8. The molecule has 3 aromatic rings. The van der Waals surface area contributed by atoms with Gasteiger partial charge in [-0.15, -0.1) is 0 Å². The Balaban J connectivity index is 0.00000442. The van der Waals surface area contributed by atoms with Gasteiger partial charge in [0.05, 0.1) is 6.04 Å². The van der Waals surface area contributed by atoms with E-state index in [9.17, 15) is 19.5 Å². The number of pyridine rings is 1. The van der Waals surface area contributed by atoms with Crippen LogP contribution in [0.1, 0.15) is 87.3 Å².